The molecule has 0 radical (unpaired) electrons. The van der Waals surface area contributed by atoms with Crippen LogP contribution in [0.4, 0.5) is 17.6 Å². The van der Waals surface area contributed by atoms with Gasteiger partial charge in [-0.3, -0.25) is 4.79 Å². The summed E-state index contributed by atoms with van der Waals surface area (Å²) in [6, 6.07) is 0.272. The number of carbonyl (C=O) groups excluding carboxylic acids is 1. The fourth-order valence-corrected chi connectivity index (χ4v) is 0.833. The normalized spacial score (nSPS) is 10.6. The second-order valence-electron chi connectivity index (χ2n) is 2.36. The van der Waals surface area contributed by atoms with Crippen LogP contribution in [0.2, 0.25) is 0 Å². The quantitative estimate of drug-likeness (QED) is 0.589. The molecule has 1 aromatic rings. The number of hydrogen-bond donors (Lipinski definition) is 1. The van der Waals surface area contributed by atoms with Gasteiger partial charge in [0.1, 0.15) is 17.1 Å². The van der Waals surface area contributed by atoms with E-state index in [1.807, 2.05) is 0 Å². The molecular formula is C7H4F4N2O. The molecule has 0 aromatic carbocycles. The highest BCUT2D eigenvalue weighted by molar-refractivity contribution is 5.92. The summed E-state index contributed by atoms with van der Waals surface area (Å²) in [7, 11) is 0. The molecule has 0 aliphatic rings. The van der Waals surface area contributed by atoms with Crippen molar-refractivity contribution >= 4 is 5.91 Å². The molecule has 0 saturated carbocycles. The lowest BCUT2D eigenvalue weighted by Crippen LogP contribution is -2.17. The molecule has 0 fully saturated rings. The number of primary amides is 1. The van der Waals surface area contributed by atoms with Crippen LogP contribution in [-0.4, -0.2) is 10.9 Å². The van der Waals surface area contributed by atoms with Crippen molar-refractivity contribution in [2.24, 2.45) is 5.73 Å². The van der Waals surface area contributed by atoms with Crippen molar-refractivity contribution in [3.8, 4) is 0 Å². The van der Waals surface area contributed by atoms with Gasteiger partial charge in [-0.25, -0.2) is 18.2 Å². The minimum absolute atomic E-state index is 0.272. The molecule has 0 spiro atoms. The fraction of sp³-hybridized carbons (Fsp3) is 0.143. The number of nitrogens with two attached hydrogens (primary N) is 1. The van der Waals surface area contributed by atoms with Gasteiger partial charge in [0, 0.05) is 6.07 Å². The molecule has 1 aromatic heterocycles. The largest absolute Gasteiger partial charge is 0.365 e. The Bertz CT molecular complexity index is 357. The van der Waals surface area contributed by atoms with Gasteiger partial charge in [0.15, 0.2) is 0 Å². The lowest BCUT2D eigenvalue weighted by molar-refractivity contribution is 0.0989. The van der Waals surface area contributed by atoms with Gasteiger partial charge in [-0.15, -0.1) is 0 Å². The third-order valence-corrected chi connectivity index (χ3v) is 1.42. The molecule has 1 amide bonds. The van der Waals surface area contributed by atoms with E-state index in [2.05, 4.69) is 10.7 Å². The number of nitrogens with zero attached hydrogens (tertiary/aromatic N) is 1. The minimum atomic E-state index is -3.11. The Kier molecular flexibility index (Phi) is 2.68. The maximum absolute atomic E-state index is 12.8. The number of amides is 1. The van der Waals surface area contributed by atoms with Gasteiger partial charge < -0.3 is 5.73 Å². The van der Waals surface area contributed by atoms with Crippen LogP contribution in [0.5, 0.6) is 0 Å². The van der Waals surface area contributed by atoms with Crippen LogP contribution in [0.3, 0.4) is 0 Å². The van der Waals surface area contributed by atoms with Crippen molar-refractivity contribution in [2.75, 3.05) is 0 Å². The van der Waals surface area contributed by atoms with Crippen molar-refractivity contribution < 1.29 is 22.4 Å². The predicted octanol–water partition coefficient (Wildman–Crippen LogP) is 1.40. The minimum Gasteiger partial charge on any atom is -0.365 e. The maximum Gasteiger partial charge on any atom is 0.280 e. The molecule has 1 rings (SSSR count). The Morgan fingerprint density at radius 3 is 2.36 bits per heavy atom. The van der Waals surface area contributed by atoms with Gasteiger partial charge in [-0.2, -0.15) is 4.39 Å². The van der Waals surface area contributed by atoms with E-state index in [0.717, 1.165) is 0 Å². The van der Waals surface area contributed by atoms with Gasteiger partial charge in [-0.05, 0) is 0 Å². The first kappa shape index (κ1) is 10.4. The van der Waals surface area contributed by atoms with E-state index in [-0.39, 0.29) is 6.07 Å². The van der Waals surface area contributed by atoms with Gasteiger partial charge in [0.05, 0.1) is 0 Å². The summed E-state index contributed by atoms with van der Waals surface area (Å²) in [5.74, 6) is -4.47. The second kappa shape index (κ2) is 3.60. The summed E-state index contributed by atoms with van der Waals surface area (Å²) in [6.07, 6.45) is -3.11. The van der Waals surface area contributed by atoms with Crippen LogP contribution in [0.25, 0.3) is 0 Å². The van der Waals surface area contributed by atoms with Crippen molar-refractivity contribution in [2.45, 2.75) is 6.43 Å². The van der Waals surface area contributed by atoms with E-state index < -0.39 is 35.4 Å². The summed E-state index contributed by atoms with van der Waals surface area (Å²) in [5.41, 5.74) is 2.40. The Morgan fingerprint density at radius 2 is 2.00 bits per heavy atom. The molecule has 0 aliphatic carbocycles. The number of carbonyl (C=O) groups is 1. The molecule has 0 aliphatic heterocycles. The number of alkyl halides is 2. The highest BCUT2D eigenvalue weighted by atomic mass is 19.3. The first-order chi connectivity index (χ1) is 6.43. The van der Waals surface area contributed by atoms with E-state index >= 15 is 0 Å². The summed E-state index contributed by atoms with van der Waals surface area (Å²) in [5, 5.41) is 0. The highest BCUT2D eigenvalue weighted by Crippen LogP contribution is 2.20. The lowest BCUT2D eigenvalue weighted by Gasteiger charge is -2.03. The van der Waals surface area contributed by atoms with Crippen LogP contribution >= 0.6 is 0 Å². The van der Waals surface area contributed by atoms with Crippen molar-refractivity contribution in [3.63, 3.8) is 0 Å². The first-order valence-corrected chi connectivity index (χ1v) is 3.37. The number of hydrogen-bond acceptors (Lipinski definition) is 2. The van der Waals surface area contributed by atoms with E-state index in [9.17, 15) is 22.4 Å². The summed E-state index contributed by atoms with van der Waals surface area (Å²) < 4.78 is 49.4. The van der Waals surface area contributed by atoms with E-state index in [1.54, 1.807) is 0 Å². The average molecular weight is 208 g/mol. The zero-order valence-electron chi connectivity index (χ0n) is 6.60. The van der Waals surface area contributed by atoms with Crippen LogP contribution < -0.4 is 5.73 Å². The third kappa shape index (κ3) is 1.81. The average Bonchev–Trinajstić information content (AvgIpc) is 2.01. The SMILES string of the molecule is NC(=O)c1c(F)cc(C(F)F)nc1F. The van der Waals surface area contributed by atoms with Crippen LogP contribution in [-0.2, 0) is 0 Å². The van der Waals surface area contributed by atoms with Gasteiger partial charge in [-0.1, -0.05) is 0 Å². The summed E-state index contributed by atoms with van der Waals surface area (Å²) in [4.78, 5) is 13.1. The zero-order chi connectivity index (χ0) is 10.9. The lowest BCUT2D eigenvalue weighted by atomic mass is 10.2. The second-order valence-corrected chi connectivity index (χ2v) is 2.36. The van der Waals surface area contributed by atoms with E-state index in [4.69, 9.17) is 0 Å². The first-order valence-electron chi connectivity index (χ1n) is 3.37. The summed E-state index contributed by atoms with van der Waals surface area (Å²) in [6.45, 7) is 0. The molecule has 7 heteroatoms. The molecule has 76 valence electrons. The van der Waals surface area contributed by atoms with Crippen LogP contribution in [0, 0.1) is 11.8 Å². The standard InChI is InChI=1S/C7H4F4N2O/c8-2-1-3(5(9)10)13-6(11)4(2)7(12)14/h1,5H,(H2,12,14). The molecule has 1 heterocycles. The Balaban J connectivity index is 3.32. The maximum atomic E-state index is 12.8. The predicted molar refractivity (Wildman–Crippen MR) is 37.6 cm³/mol. The number of rotatable bonds is 2. The Labute approximate surface area is 75.5 Å². The molecule has 14 heavy (non-hydrogen) atoms. The highest BCUT2D eigenvalue weighted by Gasteiger charge is 2.20. The smallest absolute Gasteiger partial charge is 0.280 e. The zero-order valence-corrected chi connectivity index (χ0v) is 6.60. The molecule has 0 atom stereocenters. The molecule has 0 bridgehead atoms. The Hall–Kier alpha value is -1.66. The van der Waals surface area contributed by atoms with Crippen LogP contribution in [0.15, 0.2) is 6.07 Å². The van der Waals surface area contributed by atoms with E-state index in [0.29, 0.717) is 0 Å². The van der Waals surface area contributed by atoms with Crippen LogP contribution in [0.1, 0.15) is 22.5 Å². The molecule has 0 saturated heterocycles. The summed E-state index contributed by atoms with van der Waals surface area (Å²) >= 11 is 0. The molecule has 3 nitrogen and oxygen atoms in total. The van der Waals surface area contributed by atoms with Gasteiger partial charge in [0.2, 0.25) is 5.95 Å². The molecular weight excluding hydrogens is 204 g/mol. The van der Waals surface area contributed by atoms with Gasteiger partial charge >= 0.3 is 0 Å². The van der Waals surface area contributed by atoms with E-state index in [1.165, 1.54) is 0 Å². The number of halogens is 4. The molecule has 2 N–H and O–H groups in total. The fourth-order valence-electron chi connectivity index (χ4n) is 0.833. The molecule has 0 unspecified atom stereocenters. The van der Waals surface area contributed by atoms with Crippen molar-refractivity contribution in [1.29, 1.82) is 0 Å². The van der Waals surface area contributed by atoms with Gasteiger partial charge in [0.25, 0.3) is 12.3 Å². The topological polar surface area (TPSA) is 56.0 Å². The van der Waals surface area contributed by atoms with Crippen molar-refractivity contribution in [1.82, 2.24) is 4.98 Å². The monoisotopic (exact) mass is 208 g/mol. The number of pyridine rings is 1. The third-order valence-electron chi connectivity index (χ3n) is 1.42. The van der Waals surface area contributed by atoms with Crippen molar-refractivity contribution in [3.05, 3.63) is 29.1 Å². The Morgan fingerprint density at radius 1 is 1.43 bits per heavy atom. The number of aromatic nitrogens is 1.